The van der Waals surface area contributed by atoms with E-state index in [1.807, 2.05) is 0 Å². The maximum atomic E-state index is 10.4. The first kappa shape index (κ1) is 11.6. The molecule has 1 heterocycles. The van der Waals surface area contributed by atoms with Gasteiger partial charge in [-0.1, -0.05) is 6.08 Å². The summed E-state index contributed by atoms with van der Waals surface area (Å²) in [7, 11) is 0. The van der Waals surface area contributed by atoms with Crippen molar-refractivity contribution >= 4 is 17.9 Å². The molecule has 1 rings (SSSR count). The predicted octanol–water partition coefficient (Wildman–Crippen LogP) is 1.18. The van der Waals surface area contributed by atoms with E-state index in [0.29, 0.717) is 0 Å². The SMILES string of the molecule is O=C(O)CC=Cc1ccc(O)c([N+](=O)[O-])n1. The van der Waals surface area contributed by atoms with Gasteiger partial charge in [-0.2, -0.15) is 0 Å². The minimum absolute atomic E-state index is 0.198. The topological polar surface area (TPSA) is 114 Å². The van der Waals surface area contributed by atoms with Crippen molar-refractivity contribution in [2.24, 2.45) is 0 Å². The first-order chi connectivity index (χ1) is 7.50. The predicted molar refractivity (Wildman–Crippen MR) is 53.8 cm³/mol. The van der Waals surface area contributed by atoms with E-state index in [4.69, 9.17) is 10.2 Å². The van der Waals surface area contributed by atoms with Crippen LogP contribution in [0.1, 0.15) is 12.1 Å². The van der Waals surface area contributed by atoms with Crippen LogP contribution in [0.5, 0.6) is 5.75 Å². The lowest BCUT2D eigenvalue weighted by Crippen LogP contribution is -1.94. The zero-order chi connectivity index (χ0) is 12.1. The number of aliphatic carboxylic acids is 1. The van der Waals surface area contributed by atoms with Gasteiger partial charge in [0, 0.05) is 0 Å². The number of aromatic nitrogens is 1. The van der Waals surface area contributed by atoms with Gasteiger partial charge in [0.1, 0.15) is 0 Å². The van der Waals surface area contributed by atoms with Crippen molar-refractivity contribution in [3.05, 3.63) is 34.0 Å². The van der Waals surface area contributed by atoms with Gasteiger partial charge in [0.2, 0.25) is 5.75 Å². The van der Waals surface area contributed by atoms with Gasteiger partial charge in [-0.3, -0.25) is 4.79 Å². The molecule has 0 fully saturated rings. The Bertz CT molecular complexity index is 455. The highest BCUT2D eigenvalue weighted by Crippen LogP contribution is 2.22. The zero-order valence-corrected chi connectivity index (χ0v) is 8.03. The summed E-state index contributed by atoms with van der Waals surface area (Å²) in [5.41, 5.74) is 0.214. The molecule has 0 aliphatic heterocycles. The third-order valence-corrected chi connectivity index (χ3v) is 1.63. The van der Waals surface area contributed by atoms with Crippen LogP contribution in [0, 0.1) is 10.1 Å². The third kappa shape index (κ3) is 3.05. The first-order valence-corrected chi connectivity index (χ1v) is 4.23. The van der Waals surface area contributed by atoms with E-state index < -0.39 is 22.5 Å². The molecule has 1 aromatic heterocycles. The van der Waals surface area contributed by atoms with Crippen molar-refractivity contribution < 1.29 is 19.9 Å². The van der Waals surface area contributed by atoms with Crippen molar-refractivity contribution in [1.29, 1.82) is 0 Å². The van der Waals surface area contributed by atoms with E-state index in [-0.39, 0.29) is 12.1 Å². The van der Waals surface area contributed by atoms with Gasteiger partial charge < -0.3 is 20.3 Å². The Labute approximate surface area is 89.8 Å². The van der Waals surface area contributed by atoms with Gasteiger partial charge in [0.15, 0.2) is 5.69 Å². The fraction of sp³-hybridized carbons (Fsp3) is 0.111. The maximum absolute atomic E-state index is 10.4. The molecule has 0 aromatic carbocycles. The van der Waals surface area contributed by atoms with Gasteiger partial charge in [0.25, 0.3) is 0 Å². The minimum Gasteiger partial charge on any atom is -0.501 e. The number of nitrogens with zero attached hydrogens (tertiary/aromatic N) is 2. The van der Waals surface area contributed by atoms with Gasteiger partial charge in [-0.05, 0) is 28.1 Å². The molecule has 0 aliphatic rings. The van der Waals surface area contributed by atoms with Crippen LogP contribution in [-0.2, 0) is 4.79 Å². The zero-order valence-electron chi connectivity index (χ0n) is 8.03. The van der Waals surface area contributed by atoms with Crippen LogP contribution in [0.4, 0.5) is 5.82 Å². The van der Waals surface area contributed by atoms with Crippen LogP contribution < -0.4 is 0 Å². The van der Waals surface area contributed by atoms with Gasteiger partial charge in [-0.15, -0.1) is 0 Å². The molecular formula is C9H8N2O5. The number of hydrogen-bond donors (Lipinski definition) is 2. The van der Waals surface area contributed by atoms with Gasteiger partial charge in [0.05, 0.1) is 6.42 Å². The van der Waals surface area contributed by atoms with Crippen LogP contribution in [0.2, 0.25) is 0 Å². The van der Waals surface area contributed by atoms with E-state index in [1.54, 1.807) is 0 Å². The lowest BCUT2D eigenvalue weighted by Gasteiger charge is -1.95. The smallest absolute Gasteiger partial charge is 0.406 e. The number of aromatic hydroxyl groups is 1. The van der Waals surface area contributed by atoms with Crippen LogP contribution in [0.15, 0.2) is 18.2 Å². The Morgan fingerprint density at radius 2 is 2.25 bits per heavy atom. The second kappa shape index (κ2) is 4.87. The molecule has 16 heavy (non-hydrogen) atoms. The largest absolute Gasteiger partial charge is 0.501 e. The number of carboxylic acid groups (broad SMARTS) is 1. The van der Waals surface area contributed by atoms with Crippen molar-refractivity contribution in [3.8, 4) is 5.75 Å². The van der Waals surface area contributed by atoms with Crippen LogP contribution in [-0.4, -0.2) is 26.1 Å². The lowest BCUT2D eigenvalue weighted by atomic mass is 10.3. The van der Waals surface area contributed by atoms with Crippen molar-refractivity contribution in [3.63, 3.8) is 0 Å². The summed E-state index contributed by atoms with van der Waals surface area (Å²) in [6.45, 7) is 0. The van der Waals surface area contributed by atoms with E-state index in [9.17, 15) is 14.9 Å². The molecule has 0 aliphatic carbocycles. The normalized spacial score (nSPS) is 10.5. The van der Waals surface area contributed by atoms with E-state index in [1.165, 1.54) is 18.2 Å². The number of carbonyl (C=O) groups is 1. The summed E-state index contributed by atoms with van der Waals surface area (Å²) < 4.78 is 0. The van der Waals surface area contributed by atoms with Crippen molar-refractivity contribution in [2.75, 3.05) is 0 Å². The quantitative estimate of drug-likeness (QED) is 0.586. The average Bonchev–Trinajstić information content (AvgIpc) is 2.19. The number of rotatable bonds is 4. The number of pyridine rings is 1. The van der Waals surface area contributed by atoms with Crippen LogP contribution >= 0.6 is 0 Å². The third-order valence-electron chi connectivity index (χ3n) is 1.63. The van der Waals surface area contributed by atoms with E-state index >= 15 is 0 Å². The Morgan fingerprint density at radius 3 is 2.81 bits per heavy atom. The summed E-state index contributed by atoms with van der Waals surface area (Å²) >= 11 is 0. The molecule has 7 heteroatoms. The van der Waals surface area contributed by atoms with E-state index in [2.05, 4.69) is 4.98 Å². The maximum Gasteiger partial charge on any atom is 0.406 e. The van der Waals surface area contributed by atoms with E-state index in [0.717, 1.165) is 6.07 Å². The van der Waals surface area contributed by atoms with Gasteiger partial charge >= 0.3 is 11.8 Å². The number of nitro groups is 1. The second-order valence-electron chi connectivity index (χ2n) is 2.84. The van der Waals surface area contributed by atoms with Crippen molar-refractivity contribution in [1.82, 2.24) is 4.98 Å². The average molecular weight is 224 g/mol. The Morgan fingerprint density at radius 1 is 1.56 bits per heavy atom. The van der Waals surface area contributed by atoms with Crippen molar-refractivity contribution in [2.45, 2.75) is 6.42 Å². The Hall–Kier alpha value is -2.44. The number of hydrogen-bond acceptors (Lipinski definition) is 5. The molecular weight excluding hydrogens is 216 g/mol. The highest BCUT2D eigenvalue weighted by Gasteiger charge is 2.15. The van der Waals surface area contributed by atoms with Crippen LogP contribution in [0.25, 0.3) is 6.08 Å². The summed E-state index contributed by atoms with van der Waals surface area (Å²) in [5, 5.41) is 27.9. The summed E-state index contributed by atoms with van der Waals surface area (Å²) in [5.74, 6) is -2.19. The highest BCUT2D eigenvalue weighted by molar-refractivity contribution is 5.70. The Kier molecular flexibility index (Phi) is 3.54. The number of carboxylic acids is 1. The molecule has 7 nitrogen and oxygen atoms in total. The fourth-order valence-electron chi connectivity index (χ4n) is 0.963. The molecule has 0 unspecified atom stereocenters. The summed E-state index contributed by atoms with van der Waals surface area (Å²) in [6.07, 6.45) is 2.45. The molecule has 0 saturated heterocycles. The second-order valence-corrected chi connectivity index (χ2v) is 2.84. The molecule has 84 valence electrons. The highest BCUT2D eigenvalue weighted by atomic mass is 16.6. The molecule has 0 amide bonds. The molecule has 2 N–H and O–H groups in total. The Balaban J connectivity index is 2.91. The molecule has 0 bridgehead atoms. The molecule has 0 spiro atoms. The summed E-state index contributed by atoms with van der Waals surface area (Å²) in [4.78, 5) is 23.3. The first-order valence-electron chi connectivity index (χ1n) is 4.23. The molecule has 1 aromatic rings. The molecule has 0 radical (unpaired) electrons. The monoisotopic (exact) mass is 224 g/mol. The van der Waals surface area contributed by atoms with Crippen LogP contribution in [0.3, 0.4) is 0 Å². The molecule has 0 saturated carbocycles. The van der Waals surface area contributed by atoms with Gasteiger partial charge in [-0.25, -0.2) is 0 Å². The fourth-order valence-corrected chi connectivity index (χ4v) is 0.963. The minimum atomic E-state index is -1.01. The molecule has 0 atom stereocenters. The standard InChI is InChI=1S/C9H8N2O5/c12-7-5-4-6(2-1-3-8(13)14)10-9(7)11(15)16/h1-2,4-5,12H,3H2,(H,13,14). The lowest BCUT2D eigenvalue weighted by molar-refractivity contribution is -0.390. The summed E-state index contributed by atoms with van der Waals surface area (Å²) in [6, 6.07) is 2.48.